The number of benzene rings is 1. The minimum absolute atomic E-state index is 0.00717. The Morgan fingerprint density at radius 3 is 2.93 bits per heavy atom. The molecule has 30 heavy (non-hydrogen) atoms. The molecule has 1 N–H and O–H groups in total. The molecule has 3 heterocycles. The van der Waals surface area contributed by atoms with E-state index < -0.39 is 0 Å². The van der Waals surface area contributed by atoms with Gasteiger partial charge >= 0.3 is 0 Å². The Hall–Kier alpha value is -3.13. The van der Waals surface area contributed by atoms with Crippen molar-refractivity contribution in [3.63, 3.8) is 0 Å². The number of ether oxygens (including phenoxy) is 1. The third-order valence-electron chi connectivity index (χ3n) is 5.39. The summed E-state index contributed by atoms with van der Waals surface area (Å²) >= 11 is 0. The highest BCUT2D eigenvalue weighted by molar-refractivity contribution is 5.80. The van der Waals surface area contributed by atoms with Crippen LogP contribution in [0.3, 0.4) is 0 Å². The van der Waals surface area contributed by atoms with Gasteiger partial charge in [0, 0.05) is 57.9 Å². The van der Waals surface area contributed by atoms with E-state index in [1.807, 2.05) is 50.5 Å². The van der Waals surface area contributed by atoms with Gasteiger partial charge in [-0.05, 0) is 18.1 Å². The predicted molar refractivity (Wildman–Crippen MR) is 116 cm³/mol. The number of aromatic nitrogens is 4. The number of hydrogen-bond acceptors (Lipinski definition) is 4. The van der Waals surface area contributed by atoms with Crippen LogP contribution in [0.15, 0.2) is 54.0 Å². The number of hydrogen-bond donors (Lipinski definition) is 1. The van der Waals surface area contributed by atoms with Crippen LogP contribution in [0.4, 0.5) is 0 Å². The first-order valence-corrected chi connectivity index (χ1v) is 10.2. The summed E-state index contributed by atoms with van der Waals surface area (Å²) in [6, 6.07) is 8.63. The molecule has 0 bridgehead atoms. The van der Waals surface area contributed by atoms with Crippen LogP contribution in [-0.2, 0) is 24.9 Å². The number of nitrogens with one attached hydrogen (secondary N) is 1. The molecule has 158 valence electrons. The van der Waals surface area contributed by atoms with Crippen molar-refractivity contribution in [2.24, 2.45) is 12.0 Å². The van der Waals surface area contributed by atoms with Crippen LogP contribution in [0.1, 0.15) is 28.6 Å². The van der Waals surface area contributed by atoms with Crippen LogP contribution < -0.4 is 5.32 Å². The van der Waals surface area contributed by atoms with E-state index in [0.29, 0.717) is 6.61 Å². The van der Waals surface area contributed by atoms with E-state index in [1.54, 1.807) is 0 Å². The molecule has 3 aromatic rings. The molecule has 0 amide bonds. The van der Waals surface area contributed by atoms with Crippen LogP contribution >= 0.6 is 0 Å². The van der Waals surface area contributed by atoms with Crippen molar-refractivity contribution in [3.05, 3.63) is 71.6 Å². The first-order valence-electron chi connectivity index (χ1n) is 10.2. The smallest absolute Gasteiger partial charge is 0.194 e. The maximum absolute atomic E-state index is 5.96. The molecule has 0 radical (unpaired) electrons. The van der Waals surface area contributed by atoms with Gasteiger partial charge in [0.25, 0.3) is 0 Å². The standard InChI is InChI=1S/C22H29N7O/c1-17-24-7-8-28(17)14-19-6-4-5-18(11-19)12-25-22(23-2)29-9-10-30-21(16-29)20-13-26-27(3)15-20/h4-8,11,13,15,21H,9-10,12,14,16H2,1-3H3,(H,23,25). The number of imidazole rings is 1. The van der Waals surface area contributed by atoms with Gasteiger partial charge in [0.15, 0.2) is 5.96 Å². The molecule has 2 aromatic heterocycles. The average molecular weight is 408 g/mol. The van der Waals surface area contributed by atoms with Gasteiger partial charge in [-0.15, -0.1) is 0 Å². The zero-order valence-corrected chi connectivity index (χ0v) is 17.8. The Morgan fingerprint density at radius 1 is 1.33 bits per heavy atom. The van der Waals surface area contributed by atoms with Crippen molar-refractivity contribution in [2.75, 3.05) is 26.7 Å². The van der Waals surface area contributed by atoms with E-state index >= 15 is 0 Å². The fourth-order valence-corrected chi connectivity index (χ4v) is 3.77. The molecular weight excluding hydrogens is 378 g/mol. The first-order chi connectivity index (χ1) is 14.6. The van der Waals surface area contributed by atoms with Crippen molar-refractivity contribution >= 4 is 5.96 Å². The van der Waals surface area contributed by atoms with E-state index in [0.717, 1.165) is 43.5 Å². The molecule has 1 saturated heterocycles. The van der Waals surface area contributed by atoms with Gasteiger partial charge in [-0.2, -0.15) is 5.10 Å². The average Bonchev–Trinajstić information content (AvgIpc) is 3.37. The Kier molecular flexibility index (Phi) is 6.13. The molecule has 1 fully saturated rings. The molecule has 1 aromatic carbocycles. The number of aryl methyl sites for hydroxylation is 2. The molecule has 1 atom stereocenters. The molecule has 0 aliphatic carbocycles. The number of aliphatic imine (C=N–C) groups is 1. The van der Waals surface area contributed by atoms with E-state index in [2.05, 4.69) is 54.1 Å². The maximum atomic E-state index is 5.96. The number of nitrogens with zero attached hydrogens (tertiary/aromatic N) is 6. The van der Waals surface area contributed by atoms with Crippen LogP contribution in [0.5, 0.6) is 0 Å². The largest absolute Gasteiger partial charge is 0.370 e. The summed E-state index contributed by atoms with van der Waals surface area (Å²) in [7, 11) is 3.75. The fraction of sp³-hybridized carbons (Fsp3) is 0.409. The second kappa shape index (κ2) is 9.13. The molecular formula is C22H29N7O. The summed E-state index contributed by atoms with van der Waals surface area (Å²) in [4.78, 5) is 11.0. The lowest BCUT2D eigenvalue weighted by Gasteiger charge is -2.34. The van der Waals surface area contributed by atoms with Crippen molar-refractivity contribution in [3.8, 4) is 0 Å². The van der Waals surface area contributed by atoms with Crippen molar-refractivity contribution in [1.82, 2.24) is 29.5 Å². The Morgan fingerprint density at radius 2 is 2.20 bits per heavy atom. The summed E-state index contributed by atoms with van der Waals surface area (Å²) < 4.78 is 9.91. The van der Waals surface area contributed by atoms with Crippen LogP contribution in [-0.4, -0.2) is 56.9 Å². The normalized spacial score (nSPS) is 17.4. The van der Waals surface area contributed by atoms with Gasteiger partial charge in [-0.1, -0.05) is 24.3 Å². The van der Waals surface area contributed by atoms with Gasteiger partial charge in [-0.3, -0.25) is 9.67 Å². The van der Waals surface area contributed by atoms with Crippen LogP contribution in [0, 0.1) is 6.92 Å². The van der Waals surface area contributed by atoms with Crippen molar-refractivity contribution < 1.29 is 4.74 Å². The zero-order chi connectivity index (χ0) is 20.9. The van der Waals surface area contributed by atoms with Gasteiger partial charge in [0.05, 0.1) is 19.3 Å². The van der Waals surface area contributed by atoms with Crippen molar-refractivity contribution in [1.29, 1.82) is 0 Å². The minimum Gasteiger partial charge on any atom is -0.370 e. The lowest BCUT2D eigenvalue weighted by atomic mass is 10.1. The fourth-order valence-electron chi connectivity index (χ4n) is 3.77. The highest BCUT2D eigenvalue weighted by Gasteiger charge is 2.25. The zero-order valence-electron chi connectivity index (χ0n) is 17.8. The summed E-state index contributed by atoms with van der Waals surface area (Å²) in [5, 5.41) is 7.78. The second-order valence-corrected chi connectivity index (χ2v) is 7.58. The van der Waals surface area contributed by atoms with Crippen molar-refractivity contribution in [2.45, 2.75) is 26.1 Å². The highest BCUT2D eigenvalue weighted by Crippen LogP contribution is 2.21. The Labute approximate surface area is 177 Å². The van der Waals surface area contributed by atoms with Crippen LogP contribution in [0.25, 0.3) is 0 Å². The van der Waals surface area contributed by atoms with E-state index in [4.69, 9.17) is 4.74 Å². The Bertz CT molecular complexity index is 1010. The van der Waals surface area contributed by atoms with Gasteiger partial charge in [-0.25, -0.2) is 4.98 Å². The Balaban J connectivity index is 1.37. The SMILES string of the molecule is CN=C(NCc1cccc(Cn2ccnc2C)c1)N1CCOC(c2cnn(C)c2)C1. The quantitative estimate of drug-likeness (QED) is 0.518. The summed E-state index contributed by atoms with van der Waals surface area (Å²) in [6.45, 7) is 5.81. The molecule has 1 aliphatic heterocycles. The summed E-state index contributed by atoms with van der Waals surface area (Å²) in [5.41, 5.74) is 3.58. The number of rotatable bonds is 5. The molecule has 0 spiro atoms. The second-order valence-electron chi connectivity index (χ2n) is 7.58. The van der Waals surface area contributed by atoms with Gasteiger partial charge in [0.1, 0.15) is 11.9 Å². The molecule has 4 rings (SSSR count). The van der Waals surface area contributed by atoms with E-state index in [1.165, 1.54) is 11.1 Å². The molecule has 1 unspecified atom stereocenters. The minimum atomic E-state index is 0.00717. The highest BCUT2D eigenvalue weighted by atomic mass is 16.5. The first kappa shape index (κ1) is 20.2. The molecule has 1 aliphatic rings. The van der Waals surface area contributed by atoms with Gasteiger partial charge in [0.2, 0.25) is 0 Å². The molecule has 0 saturated carbocycles. The molecule has 8 heteroatoms. The summed E-state index contributed by atoms with van der Waals surface area (Å²) in [5.74, 6) is 1.91. The van der Waals surface area contributed by atoms with Gasteiger partial charge < -0.3 is 19.5 Å². The maximum Gasteiger partial charge on any atom is 0.194 e. The predicted octanol–water partition coefficient (Wildman–Crippen LogP) is 2.12. The monoisotopic (exact) mass is 407 g/mol. The summed E-state index contributed by atoms with van der Waals surface area (Å²) in [6.07, 6.45) is 7.74. The lowest BCUT2D eigenvalue weighted by Crippen LogP contribution is -2.47. The van der Waals surface area contributed by atoms with E-state index in [-0.39, 0.29) is 6.10 Å². The number of morpholine rings is 1. The topological polar surface area (TPSA) is 72.5 Å². The van der Waals surface area contributed by atoms with Crippen LogP contribution in [0.2, 0.25) is 0 Å². The third-order valence-corrected chi connectivity index (χ3v) is 5.39. The molecule has 8 nitrogen and oxygen atoms in total. The number of guanidine groups is 1. The lowest BCUT2D eigenvalue weighted by molar-refractivity contribution is -0.00805. The third kappa shape index (κ3) is 4.71. The van der Waals surface area contributed by atoms with E-state index in [9.17, 15) is 0 Å².